The first-order valence-corrected chi connectivity index (χ1v) is 39.0. The highest BCUT2D eigenvalue weighted by Crippen LogP contribution is 2.43. The van der Waals surface area contributed by atoms with Gasteiger partial charge in [-0.05, 0) is 135 Å². The van der Waals surface area contributed by atoms with E-state index in [9.17, 15) is 0 Å². The van der Waals surface area contributed by atoms with Gasteiger partial charge in [0.15, 0.2) is 16.1 Å². The third kappa shape index (κ3) is 10.4. The van der Waals surface area contributed by atoms with Crippen molar-refractivity contribution in [3.8, 4) is 50.9 Å². The first-order valence-electron chi connectivity index (χ1n) is 35.0. The van der Waals surface area contributed by atoms with Crippen molar-refractivity contribution in [2.24, 2.45) is 0 Å². The molecule has 0 aliphatic heterocycles. The van der Waals surface area contributed by atoms with Crippen LogP contribution in [0.2, 0.25) is 0 Å². The van der Waals surface area contributed by atoms with E-state index in [4.69, 9.17) is 14.1 Å². The van der Waals surface area contributed by atoms with Gasteiger partial charge in [0.25, 0.3) is 6.33 Å². The van der Waals surface area contributed by atoms with Crippen molar-refractivity contribution >= 4 is 112 Å². The lowest BCUT2D eigenvalue weighted by atomic mass is 9.88. The number of aromatic nitrogens is 4. The van der Waals surface area contributed by atoms with E-state index in [1.54, 1.807) is 0 Å². The lowest BCUT2D eigenvalue weighted by Gasteiger charge is -2.35. The molecule has 14 aromatic carbocycles. The highest BCUT2D eigenvalue weighted by atomic mass is 28.3. The third-order valence-corrected chi connectivity index (χ3v) is 30.2. The molecule has 0 N–H and O–H groups in total. The molecular formula is C94H70N4O2Si2. The van der Waals surface area contributed by atoms with Gasteiger partial charge in [0, 0.05) is 28.4 Å². The maximum Gasteiger partial charge on any atom is 0.269 e. The van der Waals surface area contributed by atoms with Crippen LogP contribution in [-0.2, 0) is 5.41 Å². The second kappa shape index (κ2) is 25.4. The number of hydrogen-bond donors (Lipinski definition) is 0. The van der Waals surface area contributed by atoms with E-state index < -0.39 is 16.1 Å². The van der Waals surface area contributed by atoms with Crippen LogP contribution in [-0.4, -0.2) is 30.3 Å². The van der Waals surface area contributed by atoms with Gasteiger partial charge in [-0.2, -0.15) is 0 Å². The largest absolute Gasteiger partial charge is 0.458 e. The first kappa shape index (κ1) is 61.8. The molecule has 0 spiro atoms. The minimum absolute atomic E-state index is 0.0974. The predicted molar refractivity (Wildman–Crippen MR) is 426 cm³/mol. The Balaban J connectivity index is 0.829. The molecule has 0 atom stereocenters. The van der Waals surface area contributed by atoms with E-state index in [1.807, 2.05) is 24.4 Å². The highest BCUT2D eigenvalue weighted by Gasteiger charge is 2.43. The van der Waals surface area contributed by atoms with E-state index in [0.717, 1.165) is 94.2 Å². The van der Waals surface area contributed by atoms with Crippen LogP contribution >= 0.6 is 0 Å². The molecule has 0 aliphatic carbocycles. The van der Waals surface area contributed by atoms with Gasteiger partial charge >= 0.3 is 0 Å². The number of furan rings is 1. The zero-order chi connectivity index (χ0) is 68.4. The molecule has 8 heteroatoms. The quantitative estimate of drug-likeness (QED) is 0.0445. The summed E-state index contributed by atoms with van der Waals surface area (Å²) in [6.45, 7) is 6.73. The molecule has 0 radical (unpaired) electrons. The highest BCUT2D eigenvalue weighted by molar-refractivity contribution is 7.20. The van der Waals surface area contributed by atoms with Crippen LogP contribution in [0.1, 0.15) is 26.3 Å². The summed E-state index contributed by atoms with van der Waals surface area (Å²) in [5.41, 5.74) is 13.0. The Kier molecular flexibility index (Phi) is 15.4. The van der Waals surface area contributed by atoms with Gasteiger partial charge in [0.2, 0.25) is 0 Å². The molecule has 102 heavy (non-hydrogen) atoms. The summed E-state index contributed by atoms with van der Waals surface area (Å²) >= 11 is 0. The molecule has 0 bridgehead atoms. The van der Waals surface area contributed by atoms with E-state index in [0.29, 0.717) is 11.5 Å². The second-order valence-electron chi connectivity index (χ2n) is 27.5. The summed E-state index contributed by atoms with van der Waals surface area (Å²) in [4.78, 5) is 5.05. The van der Waals surface area contributed by atoms with Crippen LogP contribution in [0.4, 0.5) is 0 Å². The van der Waals surface area contributed by atoms with Gasteiger partial charge in [0.1, 0.15) is 28.5 Å². The minimum atomic E-state index is -2.98. The Bertz CT molecular complexity index is 5760. The first-order chi connectivity index (χ1) is 50.2. The van der Waals surface area contributed by atoms with Crippen molar-refractivity contribution in [1.29, 1.82) is 0 Å². The Labute approximate surface area is 595 Å². The molecule has 6 nitrogen and oxygen atoms in total. The number of ether oxygens (including phenoxy) is 1. The summed E-state index contributed by atoms with van der Waals surface area (Å²) in [6, 6.07) is 133. The van der Waals surface area contributed by atoms with E-state index in [1.165, 1.54) is 47.1 Å². The Morgan fingerprint density at radius 3 is 1.42 bits per heavy atom. The fraction of sp³-hybridized carbons (Fsp3) is 0.0426. The van der Waals surface area contributed by atoms with Crippen LogP contribution in [0, 0.1) is 6.33 Å². The lowest BCUT2D eigenvalue weighted by Crippen LogP contribution is -2.74. The average Bonchev–Trinajstić information content (AvgIpc) is 1.51. The van der Waals surface area contributed by atoms with Crippen LogP contribution in [0.3, 0.4) is 0 Å². The summed E-state index contributed by atoms with van der Waals surface area (Å²) in [5, 5.41) is 14.7. The molecule has 0 amide bonds. The zero-order valence-electron chi connectivity index (χ0n) is 56.8. The van der Waals surface area contributed by atoms with Crippen molar-refractivity contribution in [3.63, 3.8) is 0 Å². The Morgan fingerprint density at radius 1 is 0.382 bits per heavy atom. The van der Waals surface area contributed by atoms with E-state index in [-0.39, 0.29) is 5.41 Å². The number of imidazole rings is 1. The number of pyridine rings is 1. The number of rotatable bonds is 15. The molecule has 0 aliphatic rings. The number of benzene rings is 14. The Morgan fingerprint density at radius 2 is 0.863 bits per heavy atom. The molecule has 0 saturated carbocycles. The van der Waals surface area contributed by atoms with Crippen molar-refractivity contribution < 1.29 is 13.7 Å². The fourth-order valence-electron chi connectivity index (χ4n) is 16.0. The standard InChI is InChI=1S/C94H70N4O2Si2/c1-94(2,3)68-58-59-95-90(62-68)98-87-57-56-83-82-48-22-25-53-89(82)100-93(83)91(87)84-55-54-71(64-88(84)98)99-70-33-28-32-69(63-70)96-65-97(86-52-24-23-51-85(86)96)92-80(66-30-26-46-78(60-66)101(72-34-10-4-11-35-72,73-36-12-5-13-37-73)74-38-14-6-15-39-74)49-29-50-81(92)67-31-27-47-79(61-67)102(75-40-16-7-17-41-75,76-42-18-8-19-43-76)77-44-20-9-21-45-77/h4-64H,1-3H3. The maximum atomic E-state index is 7.09. The molecule has 0 fully saturated rings. The van der Waals surface area contributed by atoms with E-state index >= 15 is 0 Å². The molecular weight excluding hydrogens is 1270 g/mol. The number of nitrogens with zero attached hydrogens (tertiary/aromatic N) is 4. The third-order valence-electron chi connectivity index (χ3n) is 20.7. The number of fused-ring (bicyclic) bond motifs is 8. The summed E-state index contributed by atoms with van der Waals surface area (Å²) in [5.74, 6) is 2.20. The van der Waals surface area contributed by atoms with Gasteiger partial charge in [-0.15, -0.1) is 0 Å². The molecule has 18 aromatic rings. The van der Waals surface area contributed by atoms with Crippen LogP contribution in [0.15, 0.2) is 375 Å². The Hall–Kier alpha value is -12.5. The molecule has 4 heterocycles. The predicted octanol–water partition coefficient (Wildman–Crippen LogP) is 17.3. The normalized spacial score (nSPS) is 12.1. The van der Waals surface area contributed by atoms with Crippen molar-refractivity contribution in [2.45, 2.75) is 26.2 Å². The zero-order valence-corrected chi connectivity index (χ0v) is 58.8. The monoisotopic (exact) mass is 1340 g/mol. The van der Waals surface area contributed by atoms with Gasteiger partial charge in [-0.3, -0.25) is 13.7 Å². The smallest absolute Gasteiger partial charge is 0.269 e. The summed E-state index contributed by atoms with van der Waals surface area (Å²) in [6.07, 6.45) is 5.98. The van der Waals surface area contributed by atoms with Crippen LogP contribution in [0.25, 0.3) is 94.2 Å². The average molecular weight is 1340 g/mol. The molecule has 0 unspecified atom stereocenters. The number of hydrogen-bond acceptors (Lipinski definition) is 3. The number of para-hydroxylation sites is 4. The van der Waals surface area contributed by atoms with E-state index in [2.05, 4.69) is 387 Å². The van der Waals surface area contributed by atoms with Gasteiger partial charge in [-0.1, -0.05) is 318 Å². The van der Waals surface area contributed by atoms with Crippen molar-refractivity contribution in [1.82, 2.24) is 14.1 Å². The minimum Gasteiger partial charge on any atom is -0.458 e. The van der Waals surface area contributed by atoms with Gasteiger partial charge in [0.05, 0.1) is 38.8 Å². The van der Waals surface area contributed by atoms with Gasteiger partial charge < -0.3 is 9.15 Å². The van der Waals surface area contributed by atoms with Crippen LogP contribution in [0.5, 0.6) is 11.5 Å². The molecule has 0 saturated heterocycles. The summed E-state index contributed by atoms with van der Waals surface area (Å²) in [7, 11) is -5.96. The molecule has 486 valence electrons. The van der Waals surface area contributed by atoms with Crippen molar-refractivity contribution in [2.75, 3.05) is 0 Å². The fourth-order valence-corrected chi connectivity index (χ4v) is 25.6. The maximum absolute atomic E-state index is 7.09. The van der Waals surface area contributed by atoms with Gasteiger partial charge in [-0.25, -0.2) is 4.98 Å². The molecule has 4 aromatic heterocycles. The van der Waals surface area contributed by atoms with Crippen molar-refractivity contribution in [3.05, 3.63) is 382 Å². The summed E-state index contributed by atoms with van der Waals surface area (Å²) < 4.78 is 20.6. The topological polar surface area (TPSA) is 49.0 Å². The molecule has 18 rings (SSSR count). The van der Waals surface area contributed by atoms with Crippen LogP contribution < -0.4 is 50.8 Å². The lowest BCUT2D eigenvalue weighted by molar-refractivity contribution is -0.571. The SMILES string of the molecule is CC(C)(C)c1ccnc(-n2c3cc(Oc4cccc(-n5[c-][n+](-c6c(-c7cccc([Si](c8ccccc8)(c8ccccc8)c8ccccc8)c7)cccc6-c6cccc([Si](c7ccccc7)(c7ccccc7)c7ccccc7)c6)c6ccccc65)c4)ccc3c3c4oc5ccccc5c4ccc32)c1. The second-order valence-corrected chi connectivity index (χ2v) is 35.1.